The Labute approximate surface area is 173 Å². The molecule has 0 aromatic carbocycles. The minimum Gasteiger partial charge on any atom is -0.354 e. The fourth-order valence-corrected chi connectivity index (χ4v) is 6.02. The Bertz CT molecular complexity index is 953. The largest absolute Gasteiger partial charge is 0.405 e. The molecule has 29 heavy (non-hydrogen) atoms. The summed E-state index contributed by atoms with van der Waals surface area (Å²) in [6.45, 7) is 4.71. The van der Waals surface area contributed by atoms with E-state index in [-0.39, 0.29) is 11.8 Å². The van der Waals surface area contributed by atoms with E-state index in [4.69, 9.17) is 16.7 Å². The first kappa shape index (κ1) is 20.8. The molecule has 7 nitrogen and oxygen atoms in total. The molecule has 1 saturated heterocycles. The van der Waals surface area contributed by atoms with Crippen LogP contribution in [0, 0.1) is 12.3 Å². The van der Waals surface area contributed by atoms with Crippen LogP contribution in [-0.2, 0) is 11.2 Å². The topological polar surface area (TPSA) is 79.8 Å². The maximum absolute atomic E-state index is 13.3. The summed E-state index contributed by atoms with van der Waals surface area (Å²) in [6.07, 6.45) is -2.15. The van der Waals surface area contributed by atoms with Crippen molar-refractivity contribution in [3.05, 3.63) is 23.1 Å². The van der Waals surface area contributed by atoms with Gasteiger partial charge >= 0.3 is 6.18 Å². The number of alkyl halides is 3. The van der Waals surface area contributed by atoms with Gasteiger partial charge in [0.15, 0.2) is 17.0 Å². The molecular weight excluding hydrogens is 429 g/mol. The molecule has 2 N–H and O–H groups in total. The third-order valence-electron chi connectivity index (χ3n) is 6.01. The molecule has 0 amide bonds. The van der Waals surface area contributed by atoms with Crippen molar-refractivity contribution in [2.75, 3.05) is 18.0 Å². The molecule has 2 atom stereocenters. The smallest absolute Gasteiger partial charge is 0.354 e. The molecular formula is C17H22ClF3N6OS. The van der Waals surface area contributed by atoms with Crippen molar-refractivity contribution >= 4 is 34.1 Å². The fourth-order valence-electron chi connectivity index (χ4n) is 4.76. The molecule has 1 saturated carbocycles. The van der Waals surface area contributed by atoms with Crippen LogP contribution in [0.3, 0.4) is 0 Å². The van der Waals surface area contributed by atoms with Gasteiger partial charge in [-0.3, -0.25) is 0 Å². The molecule has 2 aromatic heterocycles. The Kier molecular flexibility index (Phi) is 5.08. The lowest BCUT2D eigenvalue weighted by Crippen LogP contribution is -2.69. The Morgan fingerprint density at radius 1 is 1.45 bits per heavy atom. The van der Waals surface area contributed by atoms with Crippen molar-refractivity contribution < 1.29 is 17.4 Å². The average Bonchev–Trinajstić information content (AvgIpc) is 2.85. The molecule has 2 aromatic rings. The second kappa shape index (κ2) is 7.07. The van der Waals surface area contributed by atoms with Crippen LogP contribution in [0.4, 0.5) is 19.0 Å². The summed E-state index contributed by atoms with van der Waals surface area (Å²) in [5.41, 5.74) is 1.69. The quantitative estimate of drug-likeness (QED) is 0.759. The van der Waals surface area contributed by atoms with Gasteiger partial charge in [0.1, 0.15) is 23.0 Å². The first-order valence-corrected chi connectivity index (χ1v) is 10.9. The highest BCUT2D eigenvalue weighted by molar-refractivity contribution is 7.80. The Morgan fingerprint density at radius 3 is 2.66 bits per heavy atom. The van der Waals surface area contributed by atoms with Gasteiger partial charge in [-0.25, -0.2) is 18.8 Å². The summed E-state index contributed by atoms with van der Waals surface area (Å²) < 4.78 is 54.5. The zero-order valence-electron chi connectivity index (χ0n) is 16.0. The van der Waals surface area contributed by atoms with Crippen LogP contribution in [0.1, 0.15) is 31.7 Å². The third kappa shape index (κ3) is 3.41. The SMILES string of the molecule is CCC(N(C1CC2(C1)CN(c1ncnn3c(Cl)cc(C)c13)C2)S(N)=O)C(F)(F)F. The molecule has 1 aliphatic heterocycles. The van der Waals surface area contributed by atoms with Crippen molar-refractivity contribution in [3.63, 3.8) is 0 Å². The van der Waals surface area contributed by atoms with E-state index in [0.29, 0.717) is 31.1 Å². The second-order valence-corrected chi connectivity index (χ2v) is 9.38. The minimum absolute atomic E-state index is 0.0988. The number of hydrogen-bond acceptors (Lipinski definition) is 4. The maximum Gasteiger partial charge on any atom is 0.405 e. The lowest BCUT2D eigenvalue weighted by Gasteiger charge is -2.61. The first-order chi connectivity index (χ1) is 13.6. The highest BCUT2D eigenvalue weighted by atomic mass is 35.5. The monoisotopic (exact) mass is 450 g/mol. The standard InChI is InChI=1S/C17H22ClF3N6OS/c1-3-12(17(19,20)21)27(29(22)28)11-5-16(6-11)7-25(8-16)15-14-10(2)4-13(18)26(14)24-9-23-15/h4,9,11-12H,3,5-8,22H2,1-2H3. The summed E-state index contributed by atoms with van der Waals surface area (Å²) in [7, 11) is 0. The molecule has 4 rings (SSSR count). The van der Waals surface area contributed by atoms with Crippen molar-refractivity contribution in [2.45, 2.75) is 51.4 Å². The van der Waals surface area contributed by atoms with Gasteiger partial charge in [-0.15, -0.1) is 0 Å². The summed E-state index contributed by atoms with van der Waals surface area (Å²) >= 11 is 4.02. The highest BCUT2D eigenvalue weighted by Gasteiger charge is 2.58. The van der Waals surface area contributed by atoms with Crippen LogP contribution in [0.2, 0.25) is 5.15 Å². The summed E-state index contributed by atoms with van der Waals surface area (Å²) in [5, 5.41) is 10.1. The van der Waals surface area contributed by atoms with Gasteiger partial charge in [-0.05, 0) is 37.8 Å². The van der Waals surface area contributed by atoms with Gasteiger partial charge in [0.2, 0.25) is 0 Å². The molecule has 0 bridgehead atoms. The molecule has 12 heteroatoms. The number of nitrogens with two attached hydrogens (primary N) is 1. The summed E-state index contributed by atoms with van der Waals surface area (Å²) in [6, 6.07) is -0.413. The number of rotatable bonds is 5. The number of halogens is 4. The third-order valence-corrected chi connectivity index (χ3v) is 7.25. The second-order valence-electron chi connectivity index (χ2n) is 8.01. The predicted molar refractivity (Wildman–Crippen MR) is 105 cm³/mol. The maximum atomic E-state index is 13.3. The number of anilines is 1. The Hall–Kier alpha value is -1.43. The molecule has 1 spiro atoms. The number of nitrogens with zero attached hydrogens (tertiary/aromatic N) is 5. The number of fused-ring (bicyclic) bond motifs is 1. The van der Waals surface area contributed by atoms with Gasteiger partial charge in [-0.1, -0.05) is 18.5 Å². The molecule has 2 aliphatic rings. The molecule has 3 heterocycles. The van der Waals surface area contributed by atoms with E-state index in [2.05, 4.69) is 15.0 Å². The van der Waals surface area contributed by atoms with Gasteiger partial charge in [0.05, 0.1) is 0 Å². The van der Waals surface area contributed by atoms with Crippen molar-refractivity contribution in [2.24, 2.45) is 10.6 Å². The van der Waals surface area contributed by atoms with Crippen molar-refractivity contribution in [1.82, 2.24) is 18.9 Å². The Morgan fingerprint density at radius 2 is 2.10 bits per heavy atom. The van der Waals surface area contributed by atoms with E-state index >= 15 is 0 Å². The summed E-state index contributed by atoms with van der Waals surface area (Å²) in [5.74, 6) is 0.763. The molecule has 2 unspecified atom stereocenters. The molecule has 1 aliphatic carbocycles. The van der Waals surface area contributed by atoms with Crippen molar-refractivity contribution in [1.29, 1.82) is 0 Å². The molecule has 160 valence electrons. The molecule has 0 radical (unpaired) electrons. The Balaban J connectivity index is 1.47. The van der Waals surface area contributed by atoms with Gasteiger partial charge < -0.3 is 4.90 Å². The summed E-state index contributed by atoms with van der Waals surface area (Å²) in [4.78, 5) is 6.48. The number of aryl methyl sites for hydroxylation is 1. The van der Waals surface area contributed by atoms with Gasteiger partial charge in [-0.2, -0.15) is 22.6 Å². The van der Waals surface area contributed by atoms with Crippen LogP contribution in [0.5, 0.6) is 0 Å². The van der Waals surface area contributed by atoms with E-state index in [1.54, 1.807) is 4.52 Å². The van der Waals surface area contributed by atoms with E-state index in [1.807, 2.05) is 13.0 Å². The van der Waals surface area contributed by atoms with E-state index in [9.17, 15) is 17.4 Å². The van der Waals surface area contributed by atoms with Crippen molar-refractivity contribution in [3.8, 4) is 0 Å². The lowest BCUT2D eigenvalue weighted by molar-refractivity contribution is -0.183. The van der Waals surface area contributed by atoms with E-state index in [0.717, 1.165) is 21.2 Å². The zero-order chi connectivity index (χ0) is 21.1. The minimum atomic E-state index is -4.46. The highest BCUT2D eigenvalue weighted by Crippen LogP contribution is 2.53. The fraction of sp³-hybridized carbons (Fsp3) is 0.647. The zero-order valence-corrected chi connectivity index (χ0v) is 17.6. The van der Waals surface area contributed by atoms with Crippen LogP contribution in [0.25, 0.3) is 5.52 Å². The van der Waals surface area contributed by atoms with Crippen LogP contribution in [-0.4, -0.2) is 54.5 Å². The van der Waals surface area contributed by atoms with E-state index < -0.39 is 29.4 Å². The number of aromatic nitrogens is 3. The predicted octanol–water partition coefficient (Wildman–Crippen LogP) is 2.84. The van der Waals surface area contributed by atoms with Crippen LogP contribution >= 0.6 is 11.6 Å². The van der Waals surface area contributed by atoms with Crippen LogP contribution < -0.4 is 10.0 Å². The van der Waals surface area contributed by atoms with Gasteiger partial charge in [0, 0.05) is 24.5 Å². The normalized spacial score (nSPS) is 21.4. The van der Waals surface area contributed by atoms with Gasteiger partial charge in [0.25, 0.3) is 0 Å². The van der Waals surface area contributed by atoms with E-state index in [1.165, 1.54) is 13.3 Å². The lowest BCUT2D eigenvalue weighted by atomic mass is 9.60. The molecule has 2 fully saturated rings. The average molecular weight is 451 g/mol. The number of hydrogen-bond donors (Lipinski definition) is 1. The first-order valence-electron chi connectivity index (χ1n) is 9.31. The van der Waals surface area contributed by atoms with Crippen LogP contribution in [0.15, 0.2) is 12.4 Å².